The number of amides is 1. The van der Waals surface area contributed by atoms with E-state index < -0.39 is 11.7 Å². The molecule has 26 heavy (non-hydrogen) atoms. The van der Waals surface area contributed by atoms with Gasteiger partial charge in [-0.15, -0.1) is 0 Å². The fourth-order valence-corrected chi connectivity index (χ4v) is 2.30. The lowest BCUT2D eigenvalue weighted by molar-refractivity contribution is -0.137. The first-order chi connectivity index (χ1) is 12.4. The summed E-state index contributed by atoms with van der Waals surface area (Å²) < 4.78 is 48.8. The summed E-state index contributed by atoms with van der Waals surface area (Å²) >= 11 is 0. The van der Waals surface area contributed by atoms with Crippen LogP contribution in [0.5, 0.6) is 11.5 Å². The van der Waals surface area contributed by atoms with Gasteiger partial charge in [-0.05, 0) is 42.5 Å². The van der Waals surface area contributed by atoms with Gasteiger partial charge in [-0.3, -0.25) is 4.79 Å². The van der Waals surface area contributed by atoms with E-state index >= 15 is 0 Å². The lowest BCUT2D eigenvalue weighted by Gasteiger charge is -2.10. The SMILES string of the molecule is C=CC(=O)NCc1ccc(Oc2ccc(C(F)(F)F)cc2)c2ncoc12. The van der Waals surface area contributed by atoms with E-state index in [4.69, 9.17) is 9.15 Å². The monoisotopic (exact) mass is 362 g/mol. The maximum Gasteiger partial charge on any atom is 0.416 e. The number of carbonyl (C=O) groups is 1. The molecular formula is C18H13F3N2O3. The number of aromatic nitrogens is 1. The lowest BCUT2D eigenvalue weighted by atomic mass is 10.1. The third kappa shape index (κ3) is 3.69. The summed E-state index contributed by atoms with van der Waals surface area (Å²) in [5.74, 6) is 0.227. The van der Waals surface area contributed by atoms with Crippen LogP contribution >= 0.6 is 0 Å². The summed E-state index contributed by atoms with van der Waals surface area (Å²) in [4.78, 5) is 15.4. The average Bonchev–Trinajstić information content (AvgIpc) is 3.10. The van der Waals surface area contributed by atoms with Crippen molar-refractivity contribution in [3.8, 4) is 11.5 Å². The van der Waals surface area contributed by atoms with Gasteiger partial charge in [-0.2, -0.15) is 13.2 Å². The van der Waals surface area contributed by atoms with Crippen molar-refractivity contribution in [1.82, 2.24) is 10.3 Å². The number of rotatable bonds is 5. The van der Waals surface area contributed by atoms with E-state index in [1.165, 1.54) is 18.5 Å². The molecule has 0 saturated heterocycles. The highest BCUT2D eigenvalue weighted by Crippen LogP contribution is 2.34. The van der Waals surface area contributed by atoms with Gasteiger partial charge in [0.05, 0.1) is 5.56 Å². The van der Waals surface area contributed by atoms with Crippen molar-refractivity contribution >= 4 is 17.0 Å². The number of fused-ring (bicyclic) bond motifs is 1. The fourth-order valence-electron chi connectivity index (χ4n) is 2.30. The van der Waals surface area contributed by atoms with Crippen LogP contribution < -0.4 is 10.1 Å². The molecule has 1 heterocycles. The summed E-state index contributed by atoms with van der Waals surface area (Å²) in [6, 6.07) is 7.62. The smallest absolute Gasteiger partial charge is 0.416 e. The van der Waals surface area contributed by atoms with Gasteiger partial charge in [0.1, 0.15) is 5.75 Å². The number of nitrogens with zero attached hydrogens (tertiary/aromatic N) is 1. The highest BCUT2D eigenvalue weighted by Gasteiger charge is 2.30. The number of halogens is 3. The maximum absolute atomic E-state index is 12.6. The van der Waals surface area contributed by atoms with Crippen LogP contribution in [0.3, 0.4) is 0 Å². The van der Waals surface area contributed by atoms with Gasteiger partial charge in [0.15, 0.2) is 23.2 Å². The Balaban J connectivity index is 1.84. The van der Waals surface area contributed by atoms with Crippen molar-refractivity contribution in [3.63, 3.8) is 0 Å². The molecule has 0 aliphatic carbocycles. The summed E-state index contributed by atoms with van der Waals surface area (Å²) in [5.41, 5.74) is 0.728. The standard InChI is InChI=1S/C18H13F3N2O3/c1-2-15(24)22-9-11-3-8-14(16-17(11)25-10-23-16)26-13-6-4-12(5-7-13)18(19,20)21/h2-8,10H,1,9H2,(H,22,24). The van der Waals surface area contributed by atoms with E-state index in [2.05, 4.69) is 16.9 Å². The molecule has 0 radical (unpaired) electrons. The minimum Gasteiger partial charge on any atom is -0.455 e. The van der Waals surface area contributed by atoms with Crippen molar-refractivity contribution in [1.29, 1.82) is 0 Å². The Morgan fingerprint density at radius 2 is 1.96 bits per heavy atom. The Morgan fingerprint density at radius 3 is 2.62 bits per heavy atom. The predicted molar refractivity (Wildman–Crippen MR) is 87.6 cm³/mol. The van der Waals surface area contributed by atoms with Crippen LogP contribution in [-0.2, 0) is 17.5 Å². The molecule has 1 aromatic heterocycles. The summed E-state index contributed by atoms with van der Waals surface area (Å²) in [7, 11) is 0. The number of benzene rings is 2. The molecule has 134 valence electrons. The van der Waals surface area contributed by atoms with Gasteiger partial charge >= 0.3 is 6.18 Å². The summed E-state index contributed by atoms with van der Waals surface area (Å²) in [6.07, 6.45) is -2.03. The molecule has 0 fully saturated rings. The minimum absolute atomic E-state index is 0.205. The summed E-state index contributed by atoms with van der Waals surface area (Å²) in [5, 5.41) is 2.63. The van der Waals surface area contributed by atoms with Crippen molar-refractivity contribution in [2.24, 2.45) is 0 Å². The summed E-state index contributed by atoms with van der Waals surface area (Å²) in [6.45, 7) is 3.57. The molecule has 1 amide bonds. The second-order valence-electron chi connectivity index (χ2n) is 5.30. The van der Waals surface area contributed by atoms with E-state index in [-0.39, 0.29) is 18.2 Å². The molecule has 0 spiro atoms. The van der Waals surface area contributed by atoms with Gasteiger partial charge < -0.3 is 14.5 Å². The molecule has 5 nitrogen and oxygen atoms in total. The van der Waals surface area contributed by atoms with Crippen LogP contribution in [0, 0.1) is 0 Å². The first-order valence-corrected chi connectivity index (χ1v) is 7.49. The first-order valence-electron chi connectivity index (χ1n) is 7.49. The van der Waals surface area contributed by atoms with Crippen LogP contribution in [0.2, 0.25) is 0 Å². The Bertz CT molecular complexity index is 946. The van der Waals surface area contributed by atoms with Gasteiger partial charge in [0, 0.05) is 12.1 Å². The Kier molecular flexibility index (Phi) is 4.66. The molecule has 8 heteroatoms. The Morgan fingerprint density at radius 1 is 1.23 bits per heavy atom. The van der Waals surface area contributed by atoms with Crippen LogP contribution in [0.4, 0.5) is 13.2 Å². The topological polar surface area (TPSA) is 64.4 Å². The highest BCUT2D eigenvalue weighted by molar-refractivity contribution is 5.87. The zero-order chi connectivity index (χ0) is 18.7. The molecule has 0 atom stereocenters. The molecule has 1 N–H and O–H groups in total. The van der Waals surface area contributed by atoms with Crippen molar-refractivity contribution < 1.29 is 27.1 Å². The zero-order valence-electron chi connectivity index (χ0n) is 13.3. The molecule has 3 aromatic rings. The quantitative estimate of drug-likeness (QED) is 0.682. The number of oxazole rings is 1. The van der Waals surface area contributed by atoms with Gasteiger partial charge in [0.25, 0.3) is 0 Å². The fraction of sp³-hybridized carbons (Fsp3) is 0.111. The van der Waals surface area contributed by atoms with Crippen LogP contribution in [0.15, 0.2) is 59.9 Å². The highest BCUT2D eigenvalue weighted by atomic mass is 19.4. The van der Waals surface area contributed by atoms with Crippen molar-refractivity contribution in [2.75, 3.05) is 0 Å². The normalized spacial score (nSPS) is 11.3. The lowest BCUT2D eigenvalue weighted by Crippen LogP contribution is -2.19. The second kappa shape index (κ2) is 6.91. The van der Waals surface area contributed by atoms with E-state index in [1.807, 2.05) is 0 Å². The molecule has 0 aliphatic heterocycles. The maximum atomic E-state index is 12.6. The number of carbonyl (C=O) groups excluding carboxylic acids is 1. The molecule has 0 saturated carbocycles. The average molecular weight is 362 g/mol. The Hall–Kier alpha value is -3.29. The molecular weight excluding hydrogens is 349 g/mol. The van der Waals surface area contributed by atoms with Crippen molar-refractivity contribution in [2.45, 2.75) is 12.7 Å². The van der Waals surface area contributed by atoms with Crippen molar-refractivity contribution in [3.05, 3.63) is 66.6 Å². The van der Waals surface area contributed by atoms with E-state index in [9.17, 15) is 18.0 Å². The first kappa shape index (κ1) is 17.5. The van der Waals surface area contributed by atoms with E-state index in [1.54, 1.807) is 12.1 Å². The number of alkyl halides is 3. The molecule has 2 aromatic carbocycles. The molecule has 0 unspecified atom stereocenters. The minimum atomic E-state index is -4.41. The predicted octanol–water partition coefficient (Wildman–Crippen LogP) is 4.44. The van der Waals surface area contributed by atoms with Gasteiger partial charge in [-0.1, -0.05) is 6.58 Å². The number of nitrogens with one attached hydrogen (secondary N) is 1. The third-order valence-electron chi connectivity index (χ3n) is 3.58. The Labute approximate surface area is 146 Å². The third-order valence-corrected chi connectivity index (χ3v) is 3.58. The van der Waals surface area contributed by atoms with Gasteiger partial charge in [-0.25, -0.2) is 4.98 Å². The van der Waals surface area contributed by atoms with E-state index in [0.29, 0.717) is 22.4 Å². The zero-order valence-corrected chi connectivity index (χ0v) is 13.3. The molecule has 3 rings (SSSR count). The van der Waals surface area contributed by atoms with Crippen LogP contribution in [0.1, 0.15) is 11.1 Å². The second-order valence-corrected chi connectivity index (χ2v) is 5.30. The van der Waals surface area contributed by atoms with Gasteiger partial charge in [0.2, 0.25) is 5.91 Å². The number of ether oxygens (including phenoxy) is 1. The van der Waals surface area contributed by atoms with Crippen LogP contribution in [0.25, 0.3) is 11.1 Å². The number of hydrogen-bond acceptors (Lipinski definition) is 4. The van der Waals surface area contributed by atoms with Crippen LogP contribution in [-0.4, -0.2) is 10.9 Å². The largest absolute Gasteiger partial charge is 0.455 e. The van der Waals surface area contributed by atoms with E-state index in [0.717, 1.165) is 18.2 Å². The molecule has 0 aliphatic rings. The molecule has 0 bridgehead atoms. The number of hydrogen-bond donors (Lipinski definition) is 1.